The van der Waals surface area contributed by atoms with Gasteiger partial charge in [0.05, 0.1) is 0 Å². The number of carbonyl (C=O) groups is 1. The third-order valence-electron chi connectivity index (χ3n) is 2.69. The van der Waals surface area contributed by atoms with Gasteiger partial charge in [0, 0.05) is 0 Å². The summed E-state index contributed by atoms with van der Waals surface area (Å²) >= 11 is 7.03. The van der Waals surface area contributed by atoms with Gasteiger partial charge in [0.1, 0.15) is 0 Å². The molecule has 0 atom stereocenters. The van der Waals surface area contributed by atoms with Gasteiger partial charge in [-0.3, -0.25) is 0 Å². The van der Waals surface area contributed by atoms with Gasteiger partial charge < -0.3 is 0 Å². The number of halogens is 1. The molecule has 2 aromatic rings. The average Bonchev–Trinajstić information content (AvgIpc) is 2.44. The fraction of sp³-hybridized carbons (Fsp3) is 0.133. The van der Waals surface area contributed by atoms with E-state index in [-0.39, 0.29) is 12.4 Å². The molecule has 0 radical (unpaired) electrons. The molecule has 0 bridgehead atoms. The number of carbonyl (C=O) groups excluding carboxylic acids is 1. The number of hydrogen-bond donors (Lipinski definition) is 0. The summed E-state index contributed by atoms with van der Waals surface area (Å²) < 4.78 is 11.8. The van der Waals surface area contributed by atoms with E-state index in [1.54, 1.807) is 18.2 Å². The molecule has 5 heteroatoms. The first kappa shape index (κ1) is 15.5. The molecule has 0 aromatic heterocycles. The SMILES string of the molecule is COC(=O)Cc1cc(Cl)ccc1Oc1cc[c]([Y])cc1. The zero-order valence-electron chi connectivity index (χ0n) is 10.9. The molecule has 0 N–H and O–H groups in total. The fourth-order valence-electron chi connectivity index (χ4n) is 1.68. The van der Waals surface area contributed by atoms with Crippen LogP contribution in [-0.2, 0) is 46.9 Å². The zero-order valence-corrected chi connectivity index (χ0v) is 14.5. The van der Waals surface area contributed by atoms with Crippen LogP contribution in [-0.4, -0.2) is 13.1 Å². The third kappa shape index (κ3) is 4.30. The Morgan fingerprint density at radius 1 is 1.20 bits per heavy atom. The standard InChI is InChI=1S/C15H12ClO3.Y/c1-18-15(17)10-11-9-12(16)7-8-14(11)19-13-5-3-2-4-6-13;/h3-9H,10H2,1H3;. The van der Waals surface area contributed by atoms with E-state index >= 15 is 0 Å². The van der Waals surface area contributed by atoms with Gasteiger partial charge in [-0.05, 0) is 0 Å². The molecule has 0 heterocycles. The molecule has 0 saturated carbocycles. The number of rotatable bonds is 4. The first-order chi connectivity index (χ1) is 9.58. The molecule has 20 heavy (non-hydrogen) atoms. The van der Waals surface area contributed by atoms with Crippen LogP contribution in [0.1, 0.15) is 5.56 Å². The van der Waals surface area contributed by atoms with Crippen LogP contribution in [0.15, 0.2) is 42.5 Å². The van der Waals surface area contributed by atoms with Crippen molar-refractivity contribution in [2.45, 2.75) is 6.42 Å². The summed E-state index contributed by atoms with van der Waals surface area (Å²) in [5, 5.41) is 0.561. The molecule has 0 aliphatic rings. The van der Waals surface area contributed by atoms with E-state index in [0.717, 1.165) is 36.7 Å². The van der Waals surface area contributed by atoms with Crippen molar-refractivity contribution >= 4 is 19.9 Å². The molecule has 0 aliphatic carbocycles. The van der Waals surface area contributed by atoms with E-state index < -0.39 is 0 Å². The van der Waals surface area contributed by atoms with Crippen LogP contribution >= 0.6 is 11.6 Å². The predicted octanol–water partition coefficient (Wildman–Crippen LogP) is 3.02. The Bertz CT molecular complexity index is 611. The van der Waals surface area contributed by atoms with Gasteiger partial charge in [-0.1, -0.05) is 0 Å². The topological polar surface area (TPSA) is 35.5 Å². The van der Waals surface area contributed by atoms with Gasteiger partial charge in [0.25, 0.3) is 0 Å². The number of ether oxygens (including phenoxy) is 2. The summed E-state index contributed by atoms with van der Waals surface area (Å²) in [7, 11) is 1.36. The van der Waals surface area contributed by atoms with Gasteiger partial charge in [0.2, 0.25) is 0 Å². The van der Waals surface area contributed by atoms with Crippen LogP contribution in [0.25, 0.3) is 0 Å². The summed E-state index contributed by atoms with van der Waals surface area (Å²) in [5.41, 5.74) is 0.707. The number of methoxy groups -OCH3 is 1. The van der Waals surface area contributed by atoms with E-state index in [1.165, 1.54) is 9.48 Å². The average molecular weight is 365 g/mol. The van der Waals surface area contributed by atoms with Crippen LogP contribution in [0.5, 0.6) is 11.5 Å². The molecular weight excluding hydrogens is 353 g/mol. The van der Waals surface area contributed by atoms with Crippen LogP contribution in [0, 0.1) is 0 Å². The first-order valence-corrected chi connectivity index (χ1v) is 7.77. The zero-order chi connectivity index (χ0) is 14.5. The Kier molecular flexibility index (Phi) is 5.58. The molecule has 0 fully saturated rings. The van der Waals surface area contributed by atoms with Crippen LogP contribution in [0.4, 0.5) is 0 Å². The third-order valence-corrected chi connectivity index (χ3v) is 3.87. The van der Waals surface area contributed by atoms with Crippen molar-refractivity contribution in [3.8, 4) is 11.5 Å². The van der Waals surface area contributed by atoms with Crippen molar-refractivity contribution in [2.75, 3.05) is 7.11 Å². The van der Waals surface area contributed by atoms with Gasteiger partial charge in [0.15, 0.2) is 0 Å². The Balaban J connectivity index is 2.26. The number of hydrogen-bond acceptors (Lipinski definition) is 3. The number of esters is 1. The number of benzene rings is 2. The molecule has 100 valence electrons. The monoisotopic (exact) mass is 364 g/mol. The normalized spacial score (nSPS) is 10.1. The van der Waals surface area contributed by atoms with Crippen LogP contribution in [0.3, 0.4) is 0 Å². The van der Waals surface area contributed by atoms with E-state index in [1.807, 2.05) is 24.3 Å². The second kappa shape index (κ2) is 7.21. The maximum absolute atomic E-state index is 11.4. The molecule has 0 spiro atoms. The molecule has 3 nitrogen and oxygen atoms in total. The molecule has 0 amide bonds. The van der Waals surface area contributed by atoms with E-state index in [2.05, 4.69) is 4.74 Å². The summed E-state index contributed by atoms with van der Waals surface area (Å²) in [6.07, 6.45) is 0.130. The first-order valence-electron chi connectivity index (χ1n) is 5.97. The molecular formula is C15H12ClO3Y. The summed E-state index contributed by atoms with van der Waals surface area (Å²) in [5.74, 6) is 1.02. The van der Waals surface area contributed by atoms with Crippen LogP contribution < -0.4 is 7.11 Å². The second-order valence-corrected chi connectivity index (χ2v) is 6.25. The van der Waals surface area contributed by atoms with Crippen molar-refractivity contribution in [1.29, 1.82) is 0 Å². The van der Waals surface area contributed by atoms with Crippen molar-refractivity contribution < 1.29 is 45.2 Å². The van der Waals surface area contributed by atoms with Gasteiger partial charge in [-0.15, -0.1) is 0 Å². The second-order valence-electron chi connectivity index (χ2n) is 4.18. The Labute approximate surface area is 142 Å². The Hall–Kier alpha value is -0.896. The molecule has 0 saturated heterocycles. The van der Waals surface area contributed by atoms with Gasteiger partial charge in [-0.25, -0.2) is 0 Å². The van der Waals surface area contributed by atoms with Crippen LogP contribution in [0.2, 0.25) is 5.02 Å². The summed E-state index contributed by atoms with van der Waals surface area (Å²) in [4.78, 5) is 11.4. The van der Waals surface area contributed by atoms with E-state index in [4.69, 9.17) is 16.3 Å². The molecule has 2 aromatic carbocycles. The quantitative estimate of drug-likeness (QED) is 0.782. The molecule has 0 unspecified atom stereocenters. The van der Waals surface area contributed by atoms with Gasteiger partial charge >= 0.3 is 143 Å². The minimum atomic E-state index is -0.327. The van der Waals surface area contributed by atoms with Crippen molar-refractivity contribution in [3.63, 3.8) is 0 Å². The van der Waals surface area contributed by atoms with Gasteiger partial charge in [-0.2, -0.15) is 0 Å². The Morgan fingerprint density at radius 2 is 1.90 bits per heavy atom. The van der Waals surface area contributed by atoms with Crippen molar-refractivity contribution in [3.05, 3.63) is 53.1 Å². The Morgan fingerprint density at radius 3 is 2.55 bits per heavy atom. The van der Waals surface area contributed by atoms with E-state index in [0.29, 0.717) is 16.3 Å². The maximum atomic E-state index is 11.4. The molecule has 0 aliphatic heterocycles. The molecule has 2 rings (SSSR count). The fourth-order valence-corrected chi connectivity index (χ4v) is 2.34. The van der Waals surface area contributed by atoms with Crippen molar-refractivity contribution in [1.82, 2.24) is 0 Å². The van der Waals surface area contributed by atoms with Crippen molar-refractivity contribution in [2.24, 2.45) is 0 Å². The summed E-state index contributed by atoms with van der Waals surface area (Å²) in [6.45, 7) is 0. The minimum absolute atomic E-state index is 0.130. The predicted molar refractivity (Wildman–Crippen MR) is 73.3 cm³/mol. The van der Waals surface area contributed by atoms with E-state index in [9.17, 15) is 4.79 Å². The summed E-state index contributed by atoms with van der Waals surface area (Å²) in [6, 6.07) is 13.1.